The molecule has 0 saturated carbocycles. The number of nitrogens with one attached hydrogen (secondary N) is 1. The van der Waals surface area contributed by atoms with Gasteiger partial charge in [-0.25, -0.2) is 0 Å². The van der Waals surface area contributed by atoms with Crippen LogP contribution in [0.15, 0.2) is 46.9 Å². The van der Waals surface area contributed by atoms with Crippen molar-refractivity contribution in [3.05, 3.63) is 52.5 Å². The van der Waals surface area contributed by atoms with Gasteiger partial charge in [0.05, 0.1) is 17.7 Å². The molecule has 5 heteroatoms. The second kappa shape index (κ2) is 11.7. The Morgan fingerprint density at radius 2 is 1.81 bits per heavy atom. The molecule has 0 bridgehead atoms. The van der Waals surface area contributed by atoms with Gasteiger partial charge in [0.25, 0.3) is 5.91 Å². The van der Waals surface area contributed by atoms with E-state index in [9.17, 15) is 4.79 Å². The van der Waals surface area contributed by atoms with Gasteiger partial charge in [-0.3, -0.25) is 4.79 Å². The molecule has 0 heterocycles. The van der Waals surface area contributed by atoms with Gasteiger partial charge in [0.2, 0.25) is 0 Å². The van der Waals surface area contributed by atoms with Crippen LogP contribution in [0.2, 0.25) is 0 Å². The topological polar surface area (TPSA) is 47.6 Å². The minimum atomic E-state index is -0.169. The molecule has 0 fully saturated rings. The fraction of sp³-hybridized carbons (Fsp3) is 0.409. The monoisotopic (exact) mass is 433 g/mol. The van der Waals surface area contributed by atoms with E-state index < -0.39 is 0 Å². The van der Waals surface area contributed by atoms with Crippen LogP contribution in [0.4, 0.5) is 5.69 Å². The Balaban J connectivity index is 1.93. The van der Waals surface area contributed by atoms with Crippen molar-refractivity contribution < 1.29 is 14.3 Å². The molecule has 2 rings (SSSR count). The zero-order valence-corrected chi connectivity index (χ0v) is 17.7. The van der Waals surface area contributed by atoms with Crippen LogP contribution in [0.5, 0.6) is 11.5 Å². The zero-order chi connectivity index (χ0) is 19.5. The van der Waals surface area contributed by atoms with Crippen LogP contribution in [-0.2, 0) is 0 Å². The van der Waals surface area contributed by atoms with Crippen LogP contribution >= 0.6 is 15.9 Å². The Hall–Kier alpha value is -2.01. The summed E-state index contributed by atoms with van der Waals surface area (Å²) in [5, 5.41) is 2.91. The van der Waals surface area contributed by atoms with Crippen LogP contribution in [0, 0.1) is 0 Å². The van der Waals surface area contributed by atoms with E-state index >= 15 is 0 Å². The van der Waals surface area contributed by atoms with Crippen molar-refractivity contribution in [2.45, 2.75) is 46.0 Å². The molecular weight excluding hydrogens is 406 g/mol. The first-order chi connectivity index (χ1) is 13.1. The van der Waals surface area contributed by atoms with Crippen molar-refractivity contribution in [1.82, 2.24) is 0 Å². The van der Waals surface area contributed by atoms with Crippen LogP contribution < -0.4 is 14.8 Å². The van der Waals surface area contributed by atoms with Crippen molar-refractivity contribution in [2.24, 2.45) is 0 Å². The predicted octanol–water partition coefficient (Wildman–Crippen LogP) is 6.45. The highest BCUT2D eigenvalue weighted by Crippen LogP contribution is 2.27. The minimum absolute atomic E-state index is 0.169. The summed E-state index contributed by atoms with van der Waals surface area (Å²) in [6.07, 6.45) is 5.60. The Morgan fingerprint density at radius 1 is 0.963 bits per heavy atom. The molecule has 0 radical (unpaired) electrons. The number of amides is 1. The third kappa shape index (κ3) is 7.25. The van der Waals surface area contributed by atoms with E-state index in [1.807, 2.05) is 30.3 Å². The molecule has 27 heavy (non-hydrogen) atoms. The molecule has 0 spiro atoms. The fourth-order valence-corrected chi connectivity index (χ4v) is 3.05. The van der Waals surface area contributed by atoms with Crippen molar-refractivity contribution in [1.29, 1.82) is 0 Å². The second-order valence-corrected chi connectivity index (χ2v) is 7.24. The SMILES string of the molecule is CCCCCCOc1ccc(C(=O)Nc2cccc(OCCC)c2)cc1Br. The lowest BCUT2D eigenvalue weighted by Gasteiger charge is -2.11. The van der Waals surface area contributed by atoms with Crippen molar-refractivity contribution in [3.8, 4) is 11.5 Å². The third-order valence-corrected chi connectivity index (χ3v) is 4.63. The van der Waals surface area contributed by atoms with Crippen LogP contribution in [0.25, 0.3) is 0 Å². The number of carbonyl (C=O) groups excluding carboxylic acids is 1. The summed E-state index contributed by atoms with van der Waals surface area (Å²) in [5.41, 5.74) is 1.28. The van der Waals surface area contributed by atoms with E-state index in [2.05, 4.69) is 35.1 Å². The number of ether oxygens (including phenoxy) is 2. The molecule has 0 aromatic heterocycles. The van der Waals surface area contributed by atoms with E-state index in [1.165, 1.54) is 19.3 Å². The first-order valence-corrected chi connectivity index (χ1v) is 10.4. The summed E-state index contributed by atoms with van der Waals surface area (Å²) in [7, 11) is 0. The van der Waals surface area contributed by atoms with Gasteiger partial charge in [-0.05, 0) is 59.1 Å². The summed E-state index contributed by atoms with van der Waals surface area (Å²) in [6, 6.07) is 12.8. The molecular formula is C22H28BrNO3. The largest absolute Gasteiger partial charge is 0.494 e. The van der Waals surface area contributed by atoms with E-state index in [0.29, 0.717) is 24.5 Å². The van der Waals surface area contributed by atoms with Gasteiger partial charge in [-0.2, -0.15) is 0 Å². The quantitative estimate of drug-likeness (QED) is 0.414. The maximum Gasteiger partial charge on any atom is 0.255 e. The number of hydrogen-bond acceptors (Lipinski definition) is 3. The molecule has 0 aliphatic carbocycles. The number of anilines is 1. The lowest BCUT2D eigenvalue weighted by molar-refractivity contribution is 0.102. The van der Waals surface area contributed by atoms with Crippen LogP contribution in [0.3, 0.4) is 0 Å². The van der Waals surface area contributed by atoms with Gasteiger partial charge >= 0.3 is 0 Å². The summed E-state index contributed by atoms with van der Waals surface area (Å²) in [6.45, 7) is 5.59. The van der Waals surface area contributed by atoms with Crippen LogP contribution in [0.1, 0.15) is 56.3 Å². The van der Waals surface area contributed by atoms with Gasteiger partial charge in [0.15, 0.2) is 0 Å². The average Bonchev–Trinajstić information content (AvgIpc) is 2.67. The summed E-state index contributed by atoms with van der Waals surface area (Å²) in [5.74, 6) is 1.35. The minimum Gasteiger partial charge on any atom is -0.494 e. The number of unbranched alkanes of at least 4 members (excludes halogenated alkanes) is 3. The third-order valence-electron chi connectivity index (χ3n) is 4.01. The zero-order valence-electron chi connectivity index (χ0n) is 16.1. The van der Waals surface area contributed by atoms with Gasteiger partial charge in [-0.1, -0.05) is 39.2 Å². The van der Waals surface area contributed by atoms with Crippen LogP contribution in [-0.4, -0.2) is 19.1 Å². The molecule has 0 aliphatic rings. The van der Waals surface area contributed by atoms with Gasteiger partial charge in [-0.15, -0.1) is 0 Å². The highest BCUT2D eigenvalue weighted by atomic mass is 79.9. The van der Waals surface area contributed by atoms with Crippen molar-refractivity contribution in [2.75, 3.05) is 18.5 Å². The molecule has 2 aromatic rings. The lowest BCUT2D eigenvalue weighted by Crippen LogP contribution is -2.12. The van der Waals surface area contributed by atoms with E-state index in [-0.39, 0.29) is 5.91 Å². The summed E-state index contributed by atoms with van der Waals surface area (Å²) < 4.78 is 12.2. The molecule has 0 saturated heterocycles. The Bertz CT molecular complexity index is 733. The number of rotatable bonds is 11. The number of carbonyl (C=O) groups is 1. The predicted molar refractivity (Wildman–Crippen MR) is 114 cm³/mol. The number of benzene rings is 2. The number of halogens is 1. The Labute approximate surface area is 170 Å². The van der Waals surface area contributed by atoms with Crippen molar-refractivity contribution in [3.63, 3.8) is 0 Å². The standard InChI is InChI=1S/C22H28BrNO3/c1-3-5-6-7-14-27-21-12-11-17(15-20(21)23)22(25)24-18-9-8-10-19(16-18)26-13-4-2/h8-12,15-16H,3-7,13-14H2,1-2H3,(H,24,25). The highest BCUT2D eigenvalue weighted by Gasteiger charge is 2.10. The first-order valence-electron chi connectivity index (χ1n) is 9.60. The molecule has 4 nitrogen and oxygen atoms in total. The molecule has 1 N–H and O–H groups in total. The van der Waals surface area contributed by atoms with E-state index in [0.717, 1.165) is 28.8 Å². The summed E-state index contributed by atoms with van der Waals surface area (Å²) >= 11 is 3.50. The first kappa shape index (κ1) is 21.3. The molecule has 2 aromatic carbocycles. The molecule has 0 unspecified atom stereocenters. The molecule has 146 valence electrons. The highest BCUT2D eigenvalue weighted by molar-refractivity contribution is 9.10. The van der Waals surface area contributed by atoms with E-state index in [1.54, 1.807) is 12.1 Å². The van der Waals surface area contributed by atoms with Gasteiger partial charge in [0, 0.05) is 17.3 Å². The smallest absolute Gasteiger partial charge is 0.255 e. The molecule has 0 aliphatic heterocycles. The average molecular weight is 434 g/mol. The Morgan fingerprint density at radius 3 is 2.56 bits per heavy atom. The second-order valence-electron chi connectivity index (χ2n) is 6.38. The summed E-state index contributed by atoms with van der Waals surface area (Å²) in [4.78, 5) is 12.5. The Kier molecular flexibility index (Phi) is 9.19. The maximum atomic E-state index is 12.5. The molecule has 0 atom stereocenters. The number of hydrogen-bond donors (Lipinski definition) is 1. The maximum absolute atomic E-state index is 12.5. The fourth-order valence-electron chi connectivity index (χ4n) is 2.56. The normalized spacial score (nSPS) is 10.5. The lowest BCUT2D eigenvalue weighted by atomic mass is 10.2. The van der Waals surface area contributed by atoms with Crippen molar-refractivity contribution >= 4 is 27.5 Å². The van der Waals surface area contributed by atoms with Gasteiger partial charge in [0.1, 0.15) is 11.5 Å². The van der Waals surface area contributed by atoms with Gasteiger partial charge < -0.3 is 14.8 Å². The molecule has 1 amide bonds. The van der Waals surface area contributed by atoms with E-state index in [4.69, 9.17) is 9.47 Å².